The van der Waals surface area contributed by atoms with Crippen LogP contribution in [-0.2, 0) is 9.84 Å². The van der Waals surface area contributed by atoms with E-state index in [0.717, 1.165) is 0 Å². The third-order valence-electron chi connectivity index (χ3n) is 1.05. The molecule has 1 N–H and O–H groups in total. The summed E-state index contributed by atoms with van der Waals surface area (Å²) in [5.41, 5.74) is 0. The Bertz CT molecular complexity index is 166. The predicted octanol–water partition coefficient (Wildman–Crippen LogP) is -0.0623. The van der Waals surface area contributed by atoms with E-state index in [9.17, 15) is 12.8 Å². The topological polar surface area (TPSA) is 46.2 Å². The number of sulfone groups is 1. The molecule has 0 amide bonds. The van der Waals surface area contributed by atoms with Crippen LogP contribution in [0.15, 0.2) is 0 Å². The molecule has 0 rings (SSSR count). The van der Waals surface area contributed by atoms with Crippen molar-refractivity contribution in [2.45, 2.75) is 6.42 Å². The van der Waals surface area contributed by atoms with Crippen molar-refractivity contribution >= 4 is 9.84 Å². The number of rotatable bonds is 5. The van der Waals surface area contributed by atoms with Gasteiger partial charge in [0.1, 0.15) is 0 Å². The van der Waals surface area contributed by atoms with Gasteiger partial charge in [0.25, 0.3) is 0 Å². The summed E-state index contributed by atoms with van der Waals surface area (Å²) in [5.74, 6) is -0.0651. The number of hydrogen-bond donors (Lipinski definition) is 1. The molecule has 0 aromatic rings. The predicted molar refractivity (Wildman–Crippen MR) is 38.3 cm³/mol. The largest absolute Gasteiger partial charge is 0.320 e. The van der Waals surface area contributed by atoms with Crippen molar-refractivity contribution in [1.82, 2.24) is 5.32 Å². The SMILES string of the molecule is CNCCCS(=O)(=O)CF. The van der Waals surface area contributed by atoms with Crippen LogP contribution >= 0.6 is 0 Å². The maximum absolute atomic E-state index is 11.6. The van der Waals surface area contributed by atoms with Gasteiger partial charge < -0.3 is 5.32 Å². The summed E-state index contributed by atoms with van der Waals surface area (Å²) in [6.45, 7) is 0.610. The summed E-state index contributed by atoms with van der Waals surface area (Å²) in [4.78, 5) is 0. The Kier molecular flexibility index (Phi) is 4.55. The molecule has 0 saturated carbocycles. The Morgan fingerprint density at radius 3 is 2.50 bits per heavy atom. The highest BCUT2D eigenvalue weighted by Gasteiger charge is 2.07. The minimum absolute atomic E-state index is 0.0651. The molecule has 0 heterocycles. The fourth-order valence-corrected chi connectivity index (χ4v) is 1.22. The highest BCUT2D eigenvalue weighted by Crippen LogP contribution is 1.92. The van der Waals surface area contributed by atoms with Crippen LogP contribution in [0.3, 0.4) is 0 Å². The number of halogens is 1. The van der Waals surface area contributed by atoms with E-state index >= 15 is 0 Å². The Morgan fingerprint density at radius 2 is 2.10 bits per heavy atom. The van der Waals surface area contributed by atoms with Crippen LogP contribution in [0.5, 0.6) is 0 Å². The van der Waals surface area contributed by atoms with E-state index < -0.39 is 15.8 Å². The molecule has 0 unspecified atom stereocenters. The van der Waals surface area contributed by atoms with Gasteiger partial charge >= 0.3 is 0 Å². The molecule has 0 aliphatic rings. The van der Waals surface area contributed by atoms with Gasteiger partial charge in [-0.15, -0.1) is 0 Å². The van der Waals surface area contributed by atoms with Crippen molar-refractivity contribution in [3.63, 3.8) is 0 Å². The molecular formula is C5H12FNO2S. The molecule has 0 atom stereocenters. The molecule has 0 aliphatic heterocycles. The molecule has 0 spiro atoms. The molecule has 3 nitrogen and oxygen atoms in total. The first-order valence-corrected chi connectivity index (χ1v) is 4.85. The van der Waals surface area contributed by atoms with Crippen molar-refractivity contribution < 1.29 is 12.8 Å². The minimum Gasteiger partial charge on any atom is -0.320 e. The Hall–Kier alpha value is -0.160. The second-order valence-corrected chi connectivity index (χ2v) is 4.13. The molecular weight excluding hydrogens is 157 g/mol. The molecule has 0 saturated heterocycles. The quantitative estimate of drug-likeness (QED) is 0.586. The summed E-state index contributed by atoms with van der Waals surface area (Å²) in [7, 11) is -1.67. The van der Waals surface area contributed by atoms with Crippen molar-refractivity contribution in [2.24, 2.45) is 0 Å². The molecule has 0 bridgehead atoms. The van der Waals surface area contributed by atoms with Gasteiger partial charge in [-0.2, -0.15) is 0 Å². The Balaban J connectivity index is 3.49. The fourth-order valence-electron chi connectivity index (χ4n) is 0.523. The lowest BCUT2D eigenvalue weighted by Gasteiger charge is -1.97. The third kappa shape index (κ3) is 4.69. The fraction of sp³-hybridized carbons (Fsp3) is 1.00. The average Bonchev–Trinajstić information content (AvgIpc) is 1.89. The zero-order valence-electron chi connectivity index (χ0n) is 5.93. The highest BCUT2D eigenvalue weighted by atomic mass is 32.2. The summed E-state index contributed by atoms with van der Waals surface area (Å²) in [6, 6.07) is -1.24. The monoisotopic (exact) mass is 169 g/mol. The van der Waals surface area contributed by atoms with E-state index in [1.165, 1.54) is 0 Å². The lowest BCUT2D eigenvalue weighted by Crippen LogP contribution is -2.15. The lowest BCUT2D eigenvalue weighted by atomic mass is 10.5. The molecule has 0 fully saturated rings. The highest BCUT2D eigenvalue weighted by molar-refractivity contribution is 7.91. The van der Waals surface area contributed by atoms with Crippen LogP contribution in [0.2, 0.25) is 0 Å². The second kappa shape index (κ2) is 4.62. The maximum atomic E-state index is 11.6. The van der Waals surface area contributed by atoms with Crippen molar-refractivity contribution in [3.8, 4) is 0 Å². The summed E-state index contributed by atoms with van der Waals surface area (Å²) in [6.07, 6.45) is 0.475. The van der Waals surface area contributed by atoms with Crippen LogP contribution in [-0.4, -0.2) is 33.8 Å². The molecule has 62 valence electrons. The van der Waals surface area contributed by atoms with Crippen LogP contribution in [0.1, 0.15) is 6.42 Å². The third-order valence-corrected chi connectivity index (χ3v) is 2.29. The van der Waals surface area contributed by atoms with Crippen LogP contribution in [0, 0.1) is 0 Å². The van der Waals surface area contributed by atoms with Crippen molar-refractivity contribution in [3.05, 3.63) is 0 Å². The van der Waals surface area contributed by atoms with E-state index in [1.54, 1.807) is 7.05 Å². The Morgan fingerprint density at radius 1 is 1.50 bits per heavy atom. The average molecular weight is 169 g/mol. The van der Waals surface area contributed by atoms with E-state index in [4.69, 9.17) is 0 Å². The van der Waals surface area contributed by atoms with Crippen molar-refractivity contribution in [2.75, 3.05) is 25.4 Å². The standard InChI is InChI=1S/C5H12FNO2S/c1-7-3-2-4-10(8,9)5-6/h7H,2-5H2,1H3. The lowest BCUT2D eigenvalue weighted by molar-refractivity contribution is 0.532. The zero-order chi connectivity index (χ0) is 8.04. The van der Waals surface area contributed by atoms with Crippen LogP contribution < -0.4 is 5.32 Å². The van der Waals surface area contributed by atoms with Gasteiger partial charge in [-0.3, -0.25) is 0 Å². The first-order valence-electron chi connectivity index (χ1n) is 3.03. The van der Waals surface area contributed by atoms with E-state index in [1.807, 2.05) is 0 Å². The number of hydrogen-bond acceptors (Lipinski definition) is 3. The summed E-state index contributed by atoms with van der Waals surface area (Å²) < 4.78 is 32.5. The minimum atomic E-state index is -3.40. The number of alkyl halides is 1. The van der Waals surface area contributed by atoms with Gasteiger partial charge in [0.05, 0.1) is 5.75 Å². The van der Waals surface area contributed by atoms with Gasteiger partial charge in [0.2, 0.25) is 0 Å². The molecule has 5 heteroatoms. The zero-order valence-corrected chi connectivity index (χ0v) is 6.75. The van der Waals surface area contributed by atoms with Gasteiger partial charge in [-0.1, -0.05) is 0 Å². The van der Waals surface area contributed by atoms with Gasteiger partial charge in [0, 0.05) is 0 Å². The normalized spacial score (nSPS) is 11.8. The van der Waals surface area contributed by atoms with Crippen molar-refractivity contribution in [1.29, 1.82) is 0 Å². The molecule has 0 aliphatic carbocycles. The Labute approximate surface area is 60.5 Å². The molecule has 0 aromatic carbocycles. The first-order chi connectivity index (χ1) is 4.62. The molecule has 0 radical (unpaired) electrons. The summed E-state index contributed by atoms with van der Waals surface area (Å²) >= 11 is 0. The van der Waals surface area contributed by atoms with Gasteiger partial charge in [-0.25, -0.2) is 12.8 Å². The second-order valence-electron chi connectivity index (χ2n) is 2.01. The molecule has 10 heavy (non-hydrogen) atoms. The summed E-state index contributed by atoms with van der Waals surface area (Å²) in [5, 5.41) is 2.78. The smallest absolute Gasteiger partial charge is 0.190 e. The van der Waals surface area contributed by atoms with E-state index in [2.05, 4.69) is 5.32 Å². The molecule has 0 aromatic heterocycles. The van der Waals surface area contributed by atoms with Crippen LogP contribution in [0.4, 0.5) is 4.39 Å². The van der Waals surface area contributed by atoms with E-state index in [0.29, 0.717) is 13.0 Å². The first kappa shape index (κ1) is 9.84. The van der Waals surface area contributed by atoms with Crippen LogP contribution in [0.25, 0.3) is 0 Å². The number of nitrogens with one attached hydrogen (secondary N) is 1. The maximum Gasteiger partial charge on any atom is 0.190 e. The van der Waals surface area contributed by atoms with E-state index in [-0.39, 0.29) is 5.75 Å². The van der Waals surface area contributed by atoms with Gasteiger partial charge in [-0.05, 0) is 20.0 Å². The van der Waals surface area contributed by atoms with Gasteiger partial charge in [0.15, 0.2) is 15.8 Å².